The molecular formula is C31H36ClN5O5. The zero-order chi connectivity index (χ0) is 30.8. The summed E-state index contributed by atoms with van der Waals surface area (Å²) in [6, 6.07) is 10.5. The van der Waals surface area contributed by atoms with Gasteiger partial charge in [0.2, 0.25) is 5.91 Å². The van der Waals surface area contributed by atoms with Crippen LogP contribution in [0.5, 0.6) is 5.75 Å². The maximum Gasteiger partial charge on any atom is 0.294 e. The minimum Gasteiger partial charge on any atom is -0.496 e. The lowest BCUT2D eigenvalue weighted by Crippen LogP contribution is -2.30. The summed E-state index contributed by atoms with van der Waals surface area (Å²) < 4.78 is 11.5. The van der Waals surface area contributed by atoms with Crippen LogP contribution >= 0.6 is 11.6 Å². The number of methoxy groups -OCH3 is 1. The smallest absolute Gasteiger partial charge is 0.294 e. The van der Waals surface area contributed by atoms with Crippen LogP contribution in [-0.2, 0) is 33.8 Å². The molecule has 11 heteroatoms. The van der Waals surface area contributed by atoms with E-state index < -0.39 is 11.7 Å². The van der Waals surface area contributed by atoms with Crippen molar-refractivity contribution in [3.63, 3.8) is 0 Å². The number of benzene rings is 2. The van der Waals surface area contributed by atoms with Crippen LogP contribution in [0.3, 0.4) is 0 Å². The van der Waals surface area contributed by atoms with Crippen LogP contribution in [0.2, 0.25) is 5.02 Å². The molecule has 0 spiro atoms. The van der Waals surface area contributed by atoms with E-state index in [1.54, 1.807) is 31.4 Å². The molecular weight excluding hydrogens is 558 g/mol. The zero-order valence-electron chi connectivity index (χ0n) is 24.6. The Kier molecular flexibility index (Phi) is 11.7. The van der Waals surface area contributed by atoms with Crippen LogP contribution < -0.4 is 10.1 Å². The number of carbonyl (C=O) groups excluding carboxylic acids is 3. The van der Waals surface area contributed by atoms with Gasteiger partial charge in [0.25, 0.3) is 11.7 Å². The minimum atomic E-state index is -0.616. The number of ether oxygens (including phenoxy) is 2. The van der Waals surface area contributed by atoms with Crippen molar-refractivity contribution in [1.82, 2.24) is 19.8 Å². The van der Waals surface area contributed by atoms with E-state index in [-0.39, 0.29) is 25.4 Å². The fourth-order valence-electron chi connectivity index (χ4n) is 4.06. The molecule has 2 aromatic carbocycles. The molecule has 0 fully saturated rings. The van der Waals surface area contributed by atoms with Crippen molar-refractivity contribution in [3.05, 3.63) is 94.0 Å². The lowest BCUT2D eigenvalue weighted by molar-refractivity contribution is -0.124. The summed E-state index contributed by atoms with van der Waals surface area (Å²) in [7, 11) is 8.55. The average molecular weight is 594 g/mol. The second-order valence-corrected chi connectivity index (χ2v) is 10.4. The van der Waals surface area contributed by atoms with E-state index in [1.165, 1.54) is 31.3 Å². The van der Waals surface area contributed by atoms with Crippen molar-refractivity contribution >= 4 is 34.9 Å². The lowest BCUT2D eigenvalue weighted by Gasteiger charge is -2.17. The third kappa shape index (κ3) is 8.69. The summed E-state index contributed by atoms with van der Waals surface area (Å²) in [6.45, 7) is 5.09. The molecule has 222 valence electrons. The topological polar surface area (TPSA) is 114 Å². The van der Waals surface area contributed by atoms with Gasteiger partial charge in [-0.25, -0.2) is 9.97 Å². The first-order chi connectivity index (χ1) is 20.0. The Labute approximate surface area is 251 Å². The number of Topliss-reactive ketones (excluding diaryl/α,β-unsaturated/α-hetero) is 1. The van der Waals surface area contributed by atoms with Gasteiger partial charge in [-0.1, -0.05) is 42.4 Å². The van der Waals surface area contributed by atoms with Gasteiger partial charge in [-0.05, 0) is 37.9 Å². The van der Waals surface area contributed by atoms with Crippen LogP contribution in [-0.4, -0.2) is 85.8 Å². The fraction of sp³-hybridized carbons (Fsp3) is 0.323. The molecule has 0 unspecified atom stereocenters. The monoisotopic (exact) mass is 593 g/mol. The number of anilines is 1. The average Bonchev–Trinajstić information content (AvgIpc) is 2.97. The molecule has 3 aromatic rings. The zero-order valence-corrected chi connectivity index (χ0v) is 25.3. The van der Waals surface area contributed by atoms with Gasteiger partial charge >= 0.3 is 0 Å². The number of rotatable bonds is 14. The molecule has 0 saturated heterocycles. The largest absolute Gasteiger partial charge is 0.496 e. The highest BCUT2D eigenvalue weighted by Gasteiger charge is 2.22. The number of carbonyl (C=O) groups is 3. The number of aromatic nitrogens is 2. The molecule has 0 bridgehead atoms. The van der Waals surface area contributed by atoms with E-state index >= 15 is 0 Å². The number of hydrogen-bond acceptors (Lipinski definition) is 8. The summed E-state index contributed by atoms with van der Waals surface area (Å²) in [4.78, 5) is 49.7. The van der Waals surface area contributed by atoms with Gasteiger partial charge in [0.1, 0.15) is 11.6 Å². The molecule has 10 nitrogen and oxygen atoms in total. The Morgan fingerprint density at radius 2 is 1.79 bits per heavy atom. The van der Waals surface area contributed by atoms with Gasteiger partial charge in [0.05, 0.1) is 31.0 Å². The normalized spacial score (nSPS) is 10.8. The Morgan fingerprint density at radius 1 is 1.05 bits per heavy atom. The molecule has 1 N–H and O–H groups in total. The van der Waals surface area contributed by atoms with E-state index in [4.69, 9.17) is 21.1 Å². The van der Waals surface area contributed by atoms with Gasteiger partial charge < -0.3 is 24.6 Å². The van der Waals surface area contributed by atoms with Crippen molar-refractivity contribution < 1.29 is 23.9 Å². The number of amides is 2. The third-order valence-electron chi connectivity index (χ3n) is 6.33. The van der Waals surface area contributed by atoms with Gasteiger partial charge in [-0.15, -0.1) is 0 Å². The first-order valence-electron chi connectivity index (χ1n) is 13.2. The number of nitrogens with zero attached hydrogens (tertiary/aromatic N) is 4. The molecule has 0 aliphatic heterocycles. The Bertz CT molecular complexity index is 1460. The van der Waals surface area contributed by atoms with Crippen LogP contribution in [0, 0.1) is 0 Å². The summed E-state index contributed by atoms with van der Waals surface area (Å²) in [5.41, 5.74) is 3.46. The van der Waals surface area contributed by atoms with Crippen molar-refractivity contribution in [2.24, 2.45) is 0 Å². The van der Waals surface area contributed by atoms with Crippen molar-refractivity contribution in [2.45, 2.75) is 19.4 Å². The second kappa shape index (κ2) is 15.2. The van der Waals surface area contributed by atoms with Gasteiger partial charge in [0.15, 0.2) is 0 Å². The van der Waals surface area contributed by atoms with Crippen molar-refractivity contribution in [2.75, 3.05) is 53.8 Å². The quantitative estimate of drug-likeness (QED) is 0.130. The summed E-state index contributed by atoms with van der Waals surface area (Å²) in [5, 5.41) is 3.18. The van der Waals surface area contributed by atoms with Crippen LogP contribution in [0.25, 0.3) is 0 Å². The first-order valence-corrected chi connectivity index (χ1v) is 13.6. The van der Waals surface area contributed by atoms with Crippen LogP contribution in [0.15, 0.2) is 55.3 Å². The number of likely N-dealkylation sites (N-methyl/N-ethyl adjacent to an activating group) is 2. The highest BCUT2D eigenvalue weighted by molar-refractivity contribution is 6.43. The maximum atomic E-state index is 12.8. The third-order valence-corrected chi connectivity index (χ3v) is 6.64. The summed E-state index contributed by atoms with van der Waals surface area (Å²) in [6.07, 6.45) is 3.20. The van der Waals surface area contributed by atoms with Crippen LogP contribution in [0.1, 0.15) is 38.6 Å². The molecule has 1 aromatic heterocycles. The molecule has 1 heterocycles. The molecule has 0 aliphatic rings. The summed E-state index contributed by atoms with van der Waals surface area (Å²) >= 11 is 6.47. The SMILES string of the molecule is C=CC(=O)Nc1cc(Cc2ncc(Cl)c(Cc3ccccc3C(=O)C(=O)N(C)C)n2)c(OC)cc1COCCN(C)C. The van der Waals surface area contributed by atoms with Crippen LogP contribution in [0.4, 0.5) is 5.69 Å². The number of ketones is 1. The molecule has 42 heavy (non-hydrogen) atoms. The Hall–Kier alpha value is -4.12. The summed E-state index contributed by atoms with van der Waals surface area (Å²) in [5.74, 6) is -0.542. The van der Waals surface area contributed by atoms with E-state index in [0.717, 1.165) is 17.7 Å². The van der Waals surface area contributed by atoms with E-state index in [9.17, 15) is 14.4 Å². The van der Waals surface area contributed by atoms with Gasteiger partial charge in [-0.3, -0.25) is 14.4 Å². The Morgan fingerprint density at radius 3 is 2.45 bits per heavy atom. The fourth-order valence-corrected chi connectivity index (χ4v) is 4.22. The molecule has 3 rings (SSSR count). The number of hydrogen-bond donors (Lipinski definition) is 1. The highest BCUT2D eigenvalue weighted by Crippen LogP contribution is 2.30. The van der Waals surface area contributed by atoms with E-state index in [2.05, 4.69) is 21.9 Å². The number of halogens is 1. The second-order valence-electron chi connectivity index (χ2n) is 9.99. The molecule has 0 radical (unpaired) electrons. The van der Waals surface area contributed by atoms with E-state index in [0.29, 0.717) is 45.7 Å². The van der Waals surface area contributed by atoms with Gasteiger partial charge in [-0.2, -0.15) is 0 Å². The molecule has 0 atom stereocenters. The lowest BCUT2D eigenvalue weighted by atomic mass is 9.98. The highest BCUT2D eigenvalue weighted by atomic mass is 35.5. The van der Waals surface area contributed by atoms with E-state index in [1.807, 2.05) is 31.1 Å². The number of nitrogens with one attached hydrogen (secondary N) is 1. The van der Waals surface area contributed by atoms with Crippen molar-refractivity contribution in [3.8, 4) is 5.75 Å². The predicted molar refractivity (Wildman–Crippen MR) is 162 cm³/mol. The molecule has 0 saturated carbocycles. The maximum absolute atomic E-state index is 12.8. The standard InChI is InChI=1S/C31H36ClN5O5/c1-7-29(38)35-25-15-21(27(41-6)16-22(25)19-42-13-12-36(2)3)17-28-33-18-24(32)26(34-28)14-20-10-8-9-11-23(20)30(39)31(40)37(4)5/h7-11,15-16,18H,1,12-14,17,19H2,2-6H3,(H,35,38). The van der Waals surface area contributed by atoms with Gasteiger partial charge in [0, 0.05) is 62.1 Å². The predicted octanol–water partition coefficient (Wildman–Crippen LogP) is 3.79. The van der Waals surface area contributed by atoms with Crippen molar-refractivity contribution in [1.29, 1.82) is 0 Å². The molecule has 2 amide bonds. The molecule has 0 aliphatic carbocycles. The Balaban J connectivity index is 1.92. The first kappa shape index (κ1) is 32.4. The minimum absolute atomic E-state index is 0.220.